The molecule has 0 bridgehead atoms. The zero-order valence-corrected chi connectivity index (χ0v) is 17.1. The second-order valence-corrected chi connectivity index (χ2v) is 7.64. The quantitative estimate of drug-likeness (QED) is 0.611. The van der Waals surface area contributed by atoms with Crippen LogP contribution in [0.15, 0.2) is 53.4 Å². The van der Waals surface area contributed by atoms with Crippen molar-refractivity contribution in [2.45, 2.75) is 17.9 Å². The van der Waals surface area contributed by atoms with E-state index in [1.807, 2.05) is 60.4 Å². The number of hydrogen-bond donors (Lipinski definition) is 2. The van der Waals surface area contributed by atoms with Crippen LogP contribution < -0.4 is 20.5 Å². The van der Waals surface area contributed by atoms with E-state index in [1.165, 1.54) is 11.8 Å². The van der Waals surface area contributed by atoms with E-state index in [0.29, 0.717) is 25.4 Å². The number of ether oxygens (including phenoxy) is 2. The highest BCUT2D eigenvalue weighted by atomic mass is 32.2. The Morgan fingerprint density at radius 3 is 2.66 bits per heavy atom. The number of likely N-dealkylation sites (N-methyl/N-ethyl adjacent to an activating group) is 1. The monoisotopic (exact) mass is 415 g/mol. The maximum absolute atomic E-state index is 12.6. The van der Waals surface area contributed by atoms with Gasteiger partial charge >= 0.3 is 0 Å². The normalized spacial score (nSPS) is 15.2. The van der Waals surface area contributed by atoms with Crippen LogP contribution in [0.25, 0.3) is 0 Å². The summed E-state index contributed by atoms with van der Waals surface area (Å²) in [6, 6.07) is 14.9. The molecule has 7 nitrogen and oxygen atoms in total. The number of nitrogens with two attached hydrogens (primary N) is 1. The molecule has 29 heavy (non-hydrogen) atoms. The van der Waals surface area contributed by atoms with Crippen LogP contribution >= 0.6 is 11.8 Å². The van der Waals surface area contributed by atoms with Crippen molar-refractivity contribution in [3.63, 3.8) is 0 Å². The number of benzene rings is 2. The van der Waals surface area contributed by atoms with E-state index in [-0.39, 0.29) is 24.3 Å². The predicted octanol–water partition coefficient (Wildman–Crippen LogP) is 2.36. The fourth-order valence-electron chi connectivity index (χ4n) is 2.98. The molecule has 0 saturated carbocycles. The highest BCUT2D eigenvalue weighted by molar-refractivity contribution is 8.00. The van der Waals surface area contributed by atoms with Gasteiger partial charge in [-0.15, -0.1) is 11.8 Å². The molecule has 2 aromatic rings. The van der Waals surface area contributed by atoms with Crippen LogP contribution in [0.2, 0.25) is 0 Å². The van der Waals surface area contributed by atoms with Gasteiger partial charge in [0.05, 0.1) is 18.0 Å². The van der Waals surface area contributed by atoms with Crippen LogP contribution in [-0.4, -0.2) is 54.8 Å². The summed E-state index contributed by atoms with van der Waals surface area (Å²) in [6.45, 7) is 3.96. The standard InChI is InChI=1S/C21H25N3O4S/c1-2-24(11-15-13-27-17-8-4-5-9-18(17)28-15)12-21(26)23-16-7-3-6-10-19(16)29-14-20(22)25/h3-10,15H,2,11-14H2,1H3,(H2,22,25)(H,23,26). The summed E-state index contributed by atoms with van der Waals surface area (Å²) in [6.07, 6.45) is -0.143. The number of carbonyl (C=O) groups excluding carboxylic acids is 2. The van der Waals surface area contributed by atoms with Gasteiger partial charge in [-0.25, -0.2) is 0 Å². The van der Waals surface area contributed by atoms with E-state index in [2.05, 4.69) is 5.32 Å². The average molecular weight is 416 g/mol. The Hall–Kier alpha value is -2.71. The van der Waals surface area contributed by atoms with Crippen molar-refractivity contribution in [2.24, 2.45) is 5.73 Å². The van der Waals surface area contributed by atoms with Crippen molar-refractivity contribution in [3.05, 3.63) is 48.5 Å². The van der Waals surface area contributed by atoms with Crippen molar-refractivity contribution in [3.8, 4) is 11.5 Å². The number of carbonyl (C=O) groups is 2. The highest BCUT2D eigenvalue weighted by Gasteiger charge is 2.23. The molecule has 0 aromatic heterocycles. The van der Waals surface area contributed by atoms with Gasteiger partial charge in [-0.3, -0.25) is 14.5 Å². The molecule has 0 fully saturated rings. The Morgan fingerprint density at radius 1 is 1.17 bits per heavy atom. The van der Waals surface area contributed by atoms with Gasteiger partial charge in [0, 0.05) is 11.4 Å². The second-order valence-electron chi connectivity index (χ2n) is 6.62. The van der Waals surface area contributed by atoms with Crippen molar-refractivity contribution < 1.29 is 19.1 Å². The lowest BCUT2D eigenvalue weighted by Crippen LogP contribution is -2.43. The molecule has 0 aliphatic carbocycles. The molecular weight excluding hydrogens is 390 g/mol. The van der Waals surface area contributed by atoms with Gasteiger partial charge in [0.25, 0.3) is 0 Å². The minimum absolute atomic E-state index is 0.129. The largest absolute Gasteiger partial charge is 0.486 e. The molecule has 154 valence electrons. The molecule has 0 radical (unpaired) electrons. The van der Waals surface area contributed by atoms with Crippen LogP contribution in [0.3, 0.4) is 0 Å². The first-order valence-electron chi connectivity index (χ1n) is 9.46. The first-order valence-corrected chi connectivity index (χ1v) is 10.4. The average Bonchev–Trinajstić information content (AvgIpc) is 2.72. The van der Waals surface area contributed by atoms with Gasteiger partial charge in [0.1, 0.15) is 12.7 Å². The van der Waals surface area contributed by atoms with Gasteiger partial charge in [-0.1, -0.05) is 31.2 Å². The number of para-hydroxylation sites is 3. The second kappa shape index (κ2) is 10.2. The topological polar surface area (TPSA) is 93.9 Å². The number of nitrogens with one attached hydrogen (secondary N) is 1. The van der Waals surface area contributed by atoms with Crippen LogP contribution in [0.1, 0.15) is 6.92 Å². The summed E-state index contributed by atoms with van der Waals surface area (Å²) in [4.78, 5) is 26.4. The minimum atomic E-state index is -0.399. The maximum Gasteiger partial charge on any atom is 0.238 e. The molecule has 1 aliphatic rings. The molecule has 1 aliphatic heterocycles. The molecule has 0 spiro atoms. The van der Waals surface area contributed by atoms with Gasteiger partial charge in [-0.05, 0) is 30.8 Å². The van der Waals surface area contributed by atoms with Crippen LogP contribution in [0, 0.1) is 0 Å². The van der Waals surface area contributed by atoms with E-state index < -0.39 is 5.91 Å². The molecular formula is C21H25N3O4S. The fraction of sp³-hybridized carbons (Fsp3) is 0.333. The molecule has 3 rings (SSSR count). The summed E-state index contributed by atoms with van der Waals surface area (Å²) >= 11 is 1.30. The van der Waals surface area contributed by atoms with Crippen LogP contribution in [0.4, 0.5) is 5.69 Å². The van der Waals surface area contributed by atoms with Crippen molar-refractivity contribution >= 4 is 29.3 Å². The van der Waals surface area contributed by atoms with E-state index >= 15 is 0 Å². The van der Waals surface area contributed by atoms with Gasteiger partial charge < -0.3 is 20.5 Å². The molecule has 1 unspecified atom stereocenters. The predicted molar refractivity (Wildman–Crippen MR) is 113 cm³/mol. The number of anilines is 1. The Morgan fingerprint density at radius 2 is 1.90 bits per heavy atom. The number of hydrogen-bond acceptors (Lipinski definition) is 6. The Bertz CT molecular complexity index is 861. The number of fused-ring (bicyclic) bond motifs is 1. The SMILES string of the molecule is CCN(CC(=O)Nc1ccccc1SCC(N)=O)CC1COc2ccccc2O1. The highest BCUT2D eigenvalue weighted by Crippen LogP contribution is 2.31. The van der Waals surface area contributed by atoms with E-state index in [0.717, 1.165) is 16.4 Å². The van der Waals surface area contributed by atoms with E-state index in [9.17, 15) is 9.59 Å². The Balaban J connectivity index is 1.55. The van der Waals surface area contributed by atoms with Gasteiger partial charge in [0.2, 0.25) is 11.8 Å². The number of primary amides is 1. The molecule has 0 saturated heterocycles. The maximum atomic E-state index is 12.6. The summed E-state index contributed by atoms with van der Waals surface area (Å²) in [7, 11) is 0. The van der Waals surface area contributed by atoms with Gasteiger partial charge in [-0.2, -0.15) is 0 Å². The van der Waals surface area contributed by atoms with Crippen molar-refractivity contribution in [2.75, 3.05) is 37.3 Å². The summed E-state index contributed by atoms with van der Waals surface area (Å²) in [5.74, 6) is 1.11. The fourth-order valence-corrected chi connectivity index (χ4v) is 3.73. The third kappa shape index (κ3) is 6.13. The number of nitrogens with zero attached hydrogens (tertiary/aromatic N) is 1. The van der Waals surface area contributed by atoms with E-state index in [1.54, 1.807) is 0 Å². The van der Waals surface area contributed by atoms with Crippen LogP contribution in [-0.2, 0) is 9.59 Å². The van der Waals surface area contributed by atoms with Crippen molar-refractivity contribution in [1.82, 2.24) is 4.90 Å². The van der Waals surface area contributed by atoms with E-state index in [4.69, 9.17) is 15.2 Å². The van der Waals surface area contributed by atoms with Crippen molar-refractivity contribution in [1.29, 1.82) is 0 Å². The van der Waals surface area contributed by atoms with Gasteiger partial charge in [0.15, 0.2) is 11.5 Å². The third-order valence-corrected chi connectivity index (χ3v) is 5.47. The number of rotatable bonds is 9. The minimum Gasteiger partial charge on any atom is -0.486 e. The van der Waals surface area contributed by atoms with Crippen LogP contribution in [0.5, 0.6) is 11.5 Å². The zero-order chi connectivity index (χ0) is 20.6. The third-order valence-electron chi connectivity index (χ3n) is 4.37. The summed E-state index contributed by atoms with van der Waals surface area (Å²) < 4.78 is 11.7. The summed E-state index contributed by atoms with van der Waals surface area (Å²) in [5, 5.41) is 2.93. The molecule has 2 aromatic carbocycles. The molecule has 1 atom stereocenters. The first-order chi connectivity index (χ1) is 14.0. The number of thioether (sulfide) groups is 1. The first kappa shape index (κ1) is 21.0. The molecule has 8 heteroatoms. The summed E-state index contributed by atoms with van der Waals surface area (Å²) in [5.41, 5.74) is 5.89. The Kier molecular flexibility index (Phi) is 7.37. The molecule has 3 N–H and O–H groups in total. The lowest BCUT2D eigenvalue weighted by Gasteiger charge is -2.30. The lowest BCUT2D eigenvalue weighted by atomic mass is 10.2. The smallest absolute Gasteiger partial charge is 0.238 e. The zero-order valence-electron chi connectivity index (χ0n) is 16.3. The lowest BCUT2D eigenvalue weighted by molar-refractivity contribution is -0.117. The molecule has 2 amide bonds. The Labute approximate surface area is 174 Å². The number of amides is 2. The molecule has 1 heterocycles.